The van der Waals surface area contributed by atoms with Gasteiger partial charge in [-0.05, 0) is 50.9 Å². The molecule has 2 nitrogen and oxygen atoms in total. The normalized spacial score (nSPS) is 9.77. The monoisotopic (exact) mass is 306 g/mol. The summed E-state index contributed by atoms with van der Waals surface area (Å²) in [4.78, 5) is 11.3. The number of hydrogen-bond acceptors (Lipinski definition) is 2. The molecule has 0 saturated heterocycles. The lowest BCUT2D eigenvalue weighted by atomic mass is 10.2. The summed E-state index contributed by atoms with van der Waals surface area (Å²) in [6.45, 7) is 2.17. The highest BCUT2D eigenvalue weighted by Crippen LogP contribution is 2.26. The van der Waals surface area contributed by atoms with E-state index in [0.29, 0.717) is 12.2 Å². The van der Waals surface area contributed by atoms with Gasteiger partial charge in [-0.3, -0.25) is 0 Å². The van der Waals surface area contributed by atoms with Gasteiger partial charge in [-0.2, -0.15) is 0 Å². The van der Waals surface area contributed by atoms with Crippen LogP contribution < -0.4 is 0 Å². The summed E-state index contributed by atoms with van der Waals surface area (Å²) in [5.74, 6) is -0.310. The second kappa shape index (κ2) is 4.77. The molecule has 0 heterocycles. The first kappa shape index (κ1) is 10.7. The van der Waals surface area contributed by atoms with E-state index < -0.39 is 0 Å². The topological polar surface area (TPSA) is 26.3 Å². The van der Waals surface area contributed by atoms with Crippen LogP contribution in [0, 0.1) is 0 Å². The van der Waals surface area contributed by atoms with E-state index in [9.17, 15) is 4.79 Å². The molecule has 0 aliphatic rings. The Balaban J connectivity index is 3.01. The van der Waals surface area contributed by atoms with Gasteiger partial charge in [0.1, 0.15) is 0 Å². The average molecular weight is 308 g/mol. The molecule has 1 aromatic rings. The smallest absolute Gasteiger partial charge is 0.339 e. The summed E-state index contributed by atoms with van der Waals surface area (Å²) in [5.41, 5.74) is 0.538. The molecule has 0 radical (unpaired) electrons. The van der Waals surface area contributed by atoms with Gasteiger partial charge in [-0.1, -0.05) is 6.07 Å². The number of halogens is 2. The van der Waals surface area contributed by atoms with E-state index >= 15 is 0 Å². The van der Waals surface area contributed by atoms with E-state index in [1.54, 1.807) is 19.1 Å². The number of ether oxygens (including phenoxy) is 1. The van der Waals surface area contributed by atoms with Gasteiger partial charge in [0, 0.05) is 8.95 Å². The molecular formula is C9H8Br2O2. The third-order valence-corrected chi connectivity index (χ3v) is 3.49. The second-order valence-electron chi connectivity index (χ2n) is 2.32. The van der Waals surface area contributed by atoms with Gasteiger partial charge in [-0.25, -0.2) is 4.79 Å². The van der Waals surface area contributed by atoms with Crippen molar-refractivity contribution in [3.8, 4) is 0 Å². The van der Waals surface area contributed by atoms with E-state index in [2.05, 4.69) is 31.9 Å². The number of esters is 1. The van der Waals surface area contributed by atoms with Crippen LogP contribution in [0.2, 0.25) is 0 Å². The largest absolute Gasteiger partial charge is 0.462 e. The van der Waals surface area contributed by atoms with E-state index in [1.165, 1.54) is 0 Å². The third kappa shape index (κ3) is 2.54. The molecule has 0 spiro atoms. The summed E-state index contributed by atoms with van der Waals surface area (Å²) < 4.78 is 6.45. The summed E-state index contributed by atoms with van der Waals surface area (Å²) in [5, 5.41) is 0. The SMILES string of the molecule is CCOC(=O)c1cccc(Br)c1Br. The van der Waals surface area contributed by atoms with Crippen LogP contribution in [0.15, 0.2) is 27.1 Å². The fraction of sp³-hybridized carbons (Fsp3) is 0.222. The molecule has 4 heteroatoms. The molecule has 0 saturated carbocycles. The van der Waals surface area contributed by atoms with Gasteiger partial charge in [0.15, 0.2) is 0 Å². The minimum absolute atomic E-state index is 0.310. The highest BCUT2D eigenvalue weighted by atomic mass is 79.9. The van der Waals surface area contributed by atoms with Gasteiger partial charge in [0.2, 0.25) is 0 Å². The van der Waals surface area contributed by atoms with Gasteiger partial charge in [0.05, 0.1) is 12.2 Å². The van der Waals surface area contributed by atoms with Crippen LogP contribution in [0.25, 0.3) is 0 Å². The molecule has 70 valence electrons. The molecule has 0 bridgehead atoms. The van der Waals surface area contributed by atoms with E-state index in [1.807, 2.05) is 6.07 Å². The van der Waals surface area contributed by atoms with Crippen LogP contribution in [0.5, 0.6) is 0 Å². The Morgan fingerprint density at radius 2 is 2.15 bits per heavy atom. The lowest BCUT2D eigenvalue weighted by Gasteiger charge is -2.04. The van der Waals surface area contributed by atoms with Crippen molar-refractivity contribution in [3.05, 3.63) is 32.7 Å². The van der Waals surface area contributed by atoms with Crippen molar-refractivity contribution < 1.29 is 9.53 Å². The lowest BCUT2D eigenvalue weighted by Crippen LogP contribution is -2.05. The molecule has 0 aromatic heterocycles. The minimum atomic E-state index is -0.310. The number of rotatable bonds is 2. The number of carbonyl (C=O) groups excluding carboxylic acids is 1. The van der Waals surface area contributed by atoms with Crippen LogP contribution in [-0.4, -0.2) is 12.6 Å². The van der Waals surface area contributed by atoms with Crippen molar-refractivity contribution >= 4 is 37.8 Å². The van der Waals surface area contributed by atoms with E-state index in [4.69, 9.17) is 4.74 Å². The molecule has 1 rings (SSSR count). The molecule has 0 aliphatic heterocycles. The van der Waals surface area contributed by atoms with Crippen LogP contribution in [0.3, 0.4) is 0 Å². The Hall–Kier alpha value is -0.350. The molecule has 0 unspecified atom stereocenters. The first-order valence-corrected chi connectivity index (χ1v) is 5.36. The van der Waals surface area contributed by atoms with E-state index in [-0.39, 0.29) is 5.97 Å². The van der Waals surface area contributed by atoms with Crippen molar-refractivity contribution in [2.75, 3.05) is 6.61 Å². The lowest BCUT2D eigenvalue weighted by molar-refractivity contribution is 0.0525. The number of benzene rings is 1. The number of hydrogen-bond donors (Lipinski definition) is 0. The number of carbonyl (C=O) groups is 1. The Morgan fingerprint density at radius 3 is 2.77 bits per heavy atom. The van der Waals surface area contributed by atoms with Crippen molar-refractivity contribution in [3.63, 3.8) is 0 Å². The molecule has 0 aliphatic carbocycles. The maximum Gasteiger partial charge on any atom is 0.339 e. The minimum Gasteiger partial charge on any atom is -0.462 e. The van der Waals surface area contributed by atoms with Crippen molar-refractivity contribution in [1.82, 2.24) is 0 Å². The summed E-state index contributed by atoms with van der Waals surface area (Å²) in [6, 6.07) is 5.36. The highest BCUT2D eigenvalue weighted by molar-refractivity contribution is 9.13. The predicted octanol–water partition coefficient (Wildman–Crippen LogP) is 3.39. The summed E-state index contributed by atoms with van der Waals surface area (Å²) in [7, 11) is 0. The molecule has 0 amide bonds. The Bertz CT molecular complexity index is 323. The fourth-order valence-corrected chi connectivity index (χ4v) is 1.66. The fourth-order valence-electron chi connectivity index (χ4n) is 0.870. The van der Waals surface area contributed by atoms with Crippen molar-refractivity contribution in [2.45, 2.75) is 6.92 Å². The van der Waals surface area contributed by atoms with Gasteiger partial charge in [-0.15, -0.1) is 0 Å². The van der Waals surface area contributed by atoms with Crippen molar-refractivity contribution in [1.29, 1.82) is 0 Å². The molecular weight excluding hydrogens is 300 g/mol. The van der Waals surface area contributed by atoms with E-state index in [0.717, 1.165) is 8.95 Å². The van der Waals surface area contributed by atoms with Crippen molar-refractivity contribution in [2.24, 2.45) is 0 Å². The molecule has 0 N–H and O–H groups in total. The Kier molecular flexibility index (Phi) is 3.93. The van der Waals surface area contributed by atoms with Crippen LogP contribution in [0.1, 0.15) is 17.3 Å². The summed E-state index contributed by atoms with van der Waals surface area (Å²) in [6.07, 6.45) is 0. The van der Waals surface area contributed by atoms with Crippen LogP contribution >= 0.6 is 31.9 Å². The zero-order valence-corrected chi connectivity index (χ0v) is 10.2. The molecule has 1 aromatic carbocycles. The second-order valence-corrected chi connectivity index (χ2v) is 3.97. The van der Waals surface area contributed by atoms with Crippen LogP contribution in [-0.2, 0) is 4.74 Å². The maximum atomic E-state index is 11.3. The average Bonchev–Trinajstić information content (AvgIpc) is 2.10. The maximum absolute atomic E-state index is 11.3. The third-order valence-electron chi connectivity index (χ3n) is 1.45. The zero-order valence-electron chi connectivity index (χ0n) is 7.01. The summed E-state index contributed by atoms with van der Waals surface area (Å²) >= 11 is 6.61. The molecule has 0 fully saturated rings. The molecule has 0 atom stereocenters. The highest BCUT2D eigenvalue weighted by Gasteiger charge is 2.11. The predicted molar refractivity (Wildman–Crippen MR) is 57.8 cm³/mol. The Labute approximate surface area is 93.5 Å². The molecule has 13 heavy (non-hydrogen) atoms. The first-order valence-electron chi connectivity index (χ1n) is 3.78. The van der Waals surface area contributed by atoms with Gasteiger partial charge >= 0.3 is 5.97 Å². The van der Waals surface area contributed by atoms with Crippen LogP contribution in [0.4, 0.5) is 0 Å². The standard InChI is InChI=1S/C9H8Br2O2/c1-2-13-9(12)6-4-3-5-7(10)8(6)11/h3-5H,2H2,1H3. The van der Waals surface area contributed by atoms with Gasteiger partial charge in [0.25, 0.3) is 0 Å². The first-order chi connectivity index (χ1) is 6.16. The van der Waals surface area contributed by atoms with Gasteiger partial charge < -0.3 is 4.74 Å². The zero-order chi connectivity index (χ0) is 9.84. The quantitative estimate of drug-likeness (QED) is 0.783. The Morgan fingerprint density at radius 1 is 1.46 bits per heavy atom.